The molecule has 0 saturated carbocycles. The molecule has 3 heteroatoms. The third-order valence-electron chi connectivity index (χ3n) is 3.79. The van der Waals surface area contributed by atoms with Crippen LogP contribution in [0.25, 0.3) is 0 Å². The molecule has 0 spiro atoms. The van der Waals surface area contributed by atoms with Crippen molar-refractivity contribution < 1.29 is 5.11 Å². The van der Waals surface area contributed by atoms with Crippen molar-refractivity contribution in [3.63, 3.8) is 0 Å². The number of nitrogens with zero attached hydrogens (tertiary/aromatic N) is 2. The van der Waals surface area contributed by atoms with Crippen LogP contribution in [0.2, 0.25) is 0 Å². The Balaban J connectivity index is 3.43. The van der Waals surface area contributed by atoms with Gasteiger partial charge in [0.05, 0.1) is 11.4 Å². The number of aromatic hydroxyl groups is 1. The first kappa shape index (κ1) is 17.7. The van der Waals surface area contributed by atoms with Crippen molar-refractivity contribution in [2.24, 2.45) is 5.41 Å². The predicted octanol–water partition coefficient (Wildman–Crippen LogP) is 4.24. The molecule has 0 aromatic heterocycles. The van der Waals surface area contributed by atoms with Crippen molar-refractivity contribution in [3.05, 3.63) is 17.7 Å². The van der Waals surface area contributed by atoms with E-state index >= 15 is 0 Å². The molecule has 0 amide bonds. The summed E-state index contributed by atoms with van der Waals surface area (Å²) in [6.07, 6.45) is 1.09. The fraction of sp³-hybridized carbons (Fsp3) is 0.667. The van der Waals surface area contributed by atoms with E-state index in [2.05, 4.69) is 46.8 Å². The quantitative estimate of drug-likeness (QED) is 0.899. The van der Waals surface area contributed by atoms with Crippen molar-refractivity contribution in [2.45, 2.75) is 46.5 Å². The van der Waals surface area contributed by atoms with Gasteiger partial charge in [0, 0.05) is 28.2 Å². The van der Waals surface area contributed by atoms with Crippen molar-refractivity contribution in [2.75, 3.05) is 38.0 Å². The van der Waals surface area contributed by atoms with E-state index in [0.717, 1.165) is 17.8 Å². The van der Waals surface area contributed by atoms with E-state index < -0.39 is 0 Å². The molecule has 1 N–H and O–H groups in total. The molecule has 0 fully saturated rings. The number of hydrogen-bond donors (Lipinski definition) is 1. The lowest BCUT2D eigenvalue weighted by Gasteiger charge is -2.34. The molecule has 1 aromatic rings. The van der Waals surface area contributed by atoms with Crippen molar-refractivity contribution in [3.8, 4) is 5.75 Å². The van der Waals surface area contributed by atoms with E-state index in [1.165, 1.54) is 5.56 Å². The fourth-order valence-electron chi connectivity index (χ4n) is 3.10. The average molecular weight is 292 g/mol. The summed E-state index contributed by atoms with van der Waals surface area (Å²) in [5.41, 5.74) is 3.33. The molecule has 1 aromatic carbocycles. The van der Waals surface area contributed by atoms with Crippen LogP contribution >= 0.6 is 0 Å². The van der Waals surface area contributed by atoms with Crippen molar-refractivity contribution in [1.82, 2.24) is 0 Å². The Labute approximate surface area is 130 Å². The van der Waals surface area contributed by atoms with Gasteiger partial charge in [-0.05, 0) is 34.9 Å². The molecule has 0 atom stereocenters. The Kier molecular flexibility index (Phi) is 4.87. The van der Waals surface area contributed by atoms with Crippen LogP contribution in [-0.4, -0.2) is 33.3 Å². The maximum atomic E-state index is 10.5. The summed E-state index contributed by atoms with van der Waals surface area (Å²) in [4.78, 5) is 3.94. The predicted molar refractivity (Wildman–Crippen MR) is 93.9 cm³/mol. The molecule has 1 rings (SSSR count). The molecule has 0 saturated heterocycles. The summed E-state index contributed by atoms with van der Waals surface area (Å²) in [5.74, 6) is 0.348. The highest BCUT2D eigenvalue weighted by Crippen LogP contribution is 2.43. The highest BCUT2D eigenvalue weighted by Gasteiger charge is 2.29. The van der Waals surface area contributed by atoms with Crippen LogP contribution in [0.3, 0.4) is 0 Å². The van der Waals surface area contributed by atoms with Gasteiger partial charge in [-0.15, -0.1) is 0 Å². The van der Waals surface area contributed by atoms with Gasteiger partial charge in [0.1, 0.15) is 0 Å². The van der Waals surface area contributed by atoms with Gasteiger partial charge in [-0.25, -0.2) is 0 Å². The maximum Gasteiger partial charge on any atom is 0.162 e. The van der Waals surface area contributed by atoms with Crippen molar-refractivity contribution in [1.29, 1.82) is 0 Å². The molecule has 0 aliphatic heterocycles. The van der Waals surface area contributed by atoms with Crippen molar-refractivity contribution >= 4 is 11.4 Å². The van der Waals surface area contributed by atoms with Gasteiger partial charge in [-0.2, -0.15) is 0 Å². The Morgan fingerprint density at radius 3 is 1.52 bits per heavy atom. The third-order valence-corrected chi connectivity index (χ3v) is 3.79. The Hall–Kier alpha value is -1.38. The zero-order valence-corrected chi connectivity index (χ0v) is 15.2. The van der Waals surface area contributed by atoms with E-state index in [-0.39, 0.29) is 10.8 Å². The minimum atomic E-state index is 0.0570. The first-order valence-corrected chi connectivity index (χ1v) is 7.57. The zero-order valence-electron chi connectivity index (χ0n) is 15.2. The van der Waals surface area contributed by atoms with Gasteiger partial charge in [-0.1, -0.05) is 34.6 Å². The average Bonchev–Trinajstić information content (AvgIpc) is 2.24. The summed E-state index contributed by atoms with van der Waals surface area (Å²) >= 11 is 0. The lowest BCUT2D eigenvalue weighted by Crippen LogP contribution is -2.26. The van der Waals surface area contributed by atoms with Gasteiger partial charge in [-0.3, -0.25) is 0 Å². The van der Waals surface area contributed by atoms with Crippen LogP contribution in [-0.2, 0) is 5.41 Å². The molecule has 0 unspecified atom stereocenters. The second-order valence-electron chi connectivity index (χ2n) is 8.27. The SMILES string of the molecule is CN(C)c1cc(C(C)(C)CC(C)(C)C)cc(N(C)C)c1O. The van der Waals surface area contributed by atoms with Gasteiger partial charge >= 0.3 is 0 Å². The number of phenolic OH excluding ortho intramolecular Hbond substituents is 1. The van der Waals surface area contributed by atoms with Gasteiger partial charge in [0.2, 0.25) is 0 Å². The van der Waals surface area contributed by atoms with E-state index in [9.17, 15) is 5.11 Å². The number of phenols is 1. The summed E-state index contributed by atoms with van der Waals surface area (Å²) in [7, 11) is 7.87. The number of benzene rings is 1. The van der Waals surface area contributed by atoms with Crippen LogP contribution in [0.4, 0.5) is 11.4 Å². The molecular formula is C18H32N2O. The zero-order chi connectivity index (χ0) is 16.6. The normalized spacial score (nSPS) is 12.4. The van der Waals surface area contributed by atoms with E-state index in [1.807, 2.05) is 38.0 Å². The van der Waals surface area contributed by atoms with Crippen LogP contribution in [0.5, 0.6) is 5.75 Å². The molecule has 21 heavy (non-hydrogen) atoms. The first-order valence-electron chi connectivity index (χ1n) is 7.57. The van der Waals surface area contributed by atoms with E-state index in [4.69, 9.17) is 0 Å². The topological polar surface area (TPSA) is 26.7 Å². The van der Waals surface area contributed by atoms with Crippen LogP contribution in [0.15, 0.2) is 12.1 Å². The summed E-state index contributed by atoms with van der Waals surface area (Å²) in [6, 6.07) is 4.24. The van der Waals surface area contributed by atoms with Gasteiger partial charge in [0.25, 0.3) is 0 Å². The van der Waals surface area contributed by atoms with E-state index in [1.54, 1.807) is 0 Å². The summed E-state index contributed by atoms with van der Waals surface area (Å²) in [5, 5.41) is 10.5. The molecule has 0 aliphatic carbocycles. The highest BCUT2D eigenvalue weighted by atomic mass is 16.3. The fourth-order valence-corrected chi connectivity index (χ4v) is 3.10. The second-order valence-corrected chi connectivity index (χ2v) is 8.27. The molecule has 0 radical (unpaired) electrons. The molecule has 0 bridgehead atoms. The number of anilines is 2. The smallest absolute Gasteiger partial charge is 0.162 e. The van der Waals surface area contributed by atoms with Crippen LogP contribution in [0, 0.1) is 5.41 Å². The second kappa shape index (κ2) is 5.78. The Bertz CT molecular complexity index is 467. The summed E-state index contributed by atoms with van der Waals surface area (Å²) < 4.78 is 0. The lowest BCUT2D eigenvalue weighted by molar-refractivity contribution is 0.284. The Morgan fingerprint density at radius 1 is 0.857 bits per heavy atom. The highest BCUT2D eigenvalue weighted by molar-refractivity contribution is 5.73. The number of rotatable bonds is 4. The Morgan fingerprint density at radius 2 is 1.24 bits per heavy atom. The maximum absolute atomic E-state index is 10.5. The molecular weight excluding hydrogens is 260 g/mol. The molecule has 0 aliphatic rings. The van der Waals surface area contributed by atoms with E-state index in [0.29, 0.717) is 5.75 Å². The minimum Gasteiger partial charge on any atom is -0.504 e. The molecule has 0 heterocycles. The van der Waals surface area contributed by atoms with Gasteiger partial charge < -0.3 is 14.9 Å². The monoisotopic (exact) mass is 292 g/mol. The lowest BCUT2D eigenvalue weighted by atomic mass is 9.72. The first-order chi connectivity index (χ1) is 9.35. The molecule has 3 nitrogen and oxygen atoms in total. The van der Waals surface area contributed by atoms with Crippen LogP contribution < -0.4 is 9.80 Å². The summed E-state index contributed by atoms with van der Waals surface area (Å²) in [6.45, 7) is 11.4. The minimum absolute atomic E-state index is 0.0570. The number of hydrogen-bond acceptors (Lipinski definition) is 3. The largest absolute Gasteiger partial charge is 0.504 e. The van der Waals surface area contributed by atoms with Crippen LogP contribution in [0.1, 0.15) is 46.6 Å². The molecule has 120 valence electrons. The standard InChI is InChI=1S/C18H32N2O/c1-17(2,3)12-18(4,5)13-10-14(19(6)7)16(21)15(11-13)20(8)9/h10-11,21H,12H2,1-9H3. The van der Waals surface area contributed by atoms with Gasteiger partial charge in [0.15, 0.2) is 5.75 Å². The third kappa shape index (κ3) is 4.29.